The van der Waals surface area contributed by atoms with Crippen LogP contribution < -0.4 is 0 Å². The Morgan fingerprint density at radius 1 is 1.45 bits per heavy atom. The van der Waals surface area contributed by atoms with Gasteiger partial charge in [-0.2, -0.15) is 0 Å². The van der Waals surface area contributed by atoms with Crippen LogP contribution >= 0.6 is 11.6 Å². The summed E-state index contributed by atoms with van der Waals surface area (Å²) in [7, 11) is 0. The summed E-state index contributed by atoms with van der Waals surface area (Å²) in [6.07, 6.45) is 3.32. The predicted octanol–water partition coefficient (Wildman–Crippen LogP) is 3.65. The van der Waals surface area contributed by atoms with E-state index in [9.17, 15) is 4.79 Å². The molecule has 122 valence electrons. The van der Waals surface area contributed by atoms with E-state index in [-0.39, 0.29) is 12.2 Å². The van der Waals surface area contributed by atoms with E-state index in [1.165, 1.54) is 0 Å². The number of halogens is 1. The highest BCUT2D eigenvalue weighted by Gasteiger charge is 2.27. The van der Waals surface area contributed by atoms with Crippen LogP contribution in [0.1, 0.15) is 39.2 Å². The Hall–Kier alpha value is -1.33. The van der Waals surface area contributed by atoms with Crippen LogP contribution in [0.15, 0.2) is 18.3 Å². The van der Waals surface area contributed by atoms with Crippen molar-refractivity contribution in [3.05, 3.63) is 29.0 Å². The number of ether oxygens (including phenoxy) is 2. The Labute approximate surface area is 136 Å². The zero-order chi connectivity index (χ0) is 16.2. The minimum atomic E-state index is -0.472. The summed E-state index contributed by atoms with van der Waals surface area (Å²) in [5, 5.41) is 0.470. The monoisotopic (exact) mass is 326 g/mol. The van der Waals surface area contributed by atoms with E-state index in [0.29, 0.717) is 18.3 Å². The Morgan fingerprint density at radius 3 is 2.86 bits per heavy atom. The Morgan fingerprint density at radius 2 is 2.23 bits per heavy atom. The zero-order valence-corrected chi connectivity index (χ0v) is 14.1. The van der Waals surface area contributed by atoms with Crippen LogP contribution in [0.3, 0.4) is 0 Å². The summed E-state index contributed by atoms with van der Waals surface area (Å²) in [5.74, 6) is 0. The van der Waals surface area contributed by atoms with Crippen molar-refractivity contribution in [1.29, 1.82) is 0 Å². The third-order valence-corrected chi connectivity index (χ3v) is 3.53. The molecule has 1 aliphatic heterocycles. The van der Waals surface area contributed by atoms with Gasteiger partial charge in [0.05, 0.1) is 19.3 Å². The molecule has 0 radical (unpaired) electrons. The topological polar surface area (TPSA) is 51.7 Å². The molecule has 1 aromatic heterocycles. The number of carbonyl (C=O) groups is 1. The molecule has 1 fully saturated rings. The molecule has 0 saturated carbocycles. The normalized spacial score (nSPS) is 19.1. The van der Waals surface area contributed by atoms with Crippen molar-refractivity contribution in [1.82, 2.24) is 9.88 Å². The van der Waals surface area contributed by atoms with Crippen molar-refractivity contribution >= 4 is 17.7 Å². The largest absolute Gasteiger partial charge is 0.444 e. The van der Waals surface area contributed by atoms with Crippen molar-refractivity contribution in [3.8, 4) is 0 Å². The highest BCUT2D eigenvalue weighted by Crippen LogP contribution is 2.18. The molecular weight excluding hydrogens is 304 g/mol. The smallest absolute Gasteiger partial charge is 0.410 e. The van der Waals surface area contributed by atoms with Crippen LogP contribution in [-0.4, -0.2) is 40.8 Å². The van der Waals surface area contributed by atoms with Gasteiger partial charge in [-0.15, -0.1) is 0 Å². The predicted molar refractivity (Wildman–Crippen MR) is 84.9 cm³/mol. The second kappa shape index (κ2) is 7.29. The van der Waals surface area contributed by atoms with Crippen LogP contribution in [-0.2, 0) is 16.1 Å². The molecule has 1 aromatic rings. The minimum Gasteiger partial charge on any atom is -0.444 e. The third-order valence-electron chi connectivity index (χ3n) is 3.30. The van der Waals surface area contributed by atoms with E-state index in [2.05, 4.69) is 4.98 Å². The van der Waals surface area contributed by atoms with Crippen molar-refractivity contribution in [2.45, 2.75) is 51.9 Å². The first-order valence-electron chi connectivity index (χ1n) is 7.53. The van der Waals surface area contributed by atoms with Gasteiger partial charge in [-0.1, -0.05) is 17.7 Å². The van der Waals surface area contributed by atoms with Crippen molar-refractivity contribution in [2.24, 2.45) is 0 Å². The number of rotatable bonds is 3. The summed E-state index contributed by atoms with van der Waals surface area (Å²) in [5.41, 5.74) is 0.499. The lowest BCUT2D eigenvalue weighted by Crippen LogP contribution is -2.45. The maximum atomic E-state index is 12.1. The first-order valence-corrected chi connectivity index (χ1v) is 7.91. The average Bonchev–Trinajstić information content (AvgIpc) is 2.45. The molecule has 1 aliphatic rings. The molecule has 5 nitrogen and oxygen atoms in total. The summed E-state index contributed by atoms with van der Waals surface area (Å²) in [6, 6.07) is 3.64. The van der Waals surface area contributed by atoms with Crippen LogP contribution in [0.25, 0.3) is 0 Å². The second-order valence-corrected chi connectivity index (χ2v) is 6.88. The van der Waals surface area contributed by atoms with E-state index in [1.54, 1.807) is 17.2 Å². The number of hydrogen-bond donors (Lipinski definition) is 0. The summed E-state index contributed by atoms with van der Waals surface area (Å²) in [4.78, 5) is 17.8. The van der Waals surface area contributed by atoms with Gasteiger partial charge in [0.2, 0.25) is 0 Å². The van der Waals surface area contributed by atoms with Crippen molar-refractivity contribution < 1.29 is 14.3 Å². The number of hydrogen-bond acceptors (Lipinski definition) is 4. The lowest BCUT2D eigenvalue weighted by molar-refractivity contribution is -0.0259. The lowest BCUT2D eigenvalue weighted by atomic mass is 10.1. The fraction of sp³-hybridized carbons (Fsp3) is 0.625. The standard InChI is InChI=1S/C16H23ClN2O3/c1-16(2,3)22-15(20)19-8-4-5-13(10-19)21-11-12-6-7-14(17)18-9-12/h6-7,9,13H,4-5,8,10-11H2,1-3H3/t13-/m1/s1. The molecule has 0 spiro atoms. The number of aromatic nitrogens is 1. The van der Waals surface area contributed by atoms with Gasteiger partial charge in [0.25, 0.3) is 0 Å². The van der Waals surface area contributed by atoms with Gasteiger partial charge in [-0.25, -0.2) is 9.78 Å². The van der Waals surface area contributed by atoms with Crippen LogP contribution in [0.5, 0.6) is 0 Å². The Kier molecular flexibility index (Phi) is 5.64. The molecule has 1 atom stereocenters. The first-order chi connectivity index (χ1) is 10.3. The van der Waals surface area contributed by atoms with Crippen LogP contribution in [0.2, 0.25) is 5.15 Å². The minimum absolute atomic E-state index is 0.0250. The molecule has 2 heterocycles. The molecule has 22 heavy (non-hydrogen) atoms. The van der Waals surface area contributed by atoms with Gasteiger partial charge in [0.15, 0.2) is 0 Å². The lowest BCUT2D eigenvalue weighted by Gasteiger charge is -2.34. The zero-order valence-electron chi connectivity index (χ0n) is 13.3. The molecule has 0 unspecified atom stereocenters. The first kappa shape index (κ1) is 17.0. The van der Waals surface area contributed by atoms with Gasteiger partial charge in [0, 0.05) is 12.7 Å². The molecule has 0 N–H and O–H groups in total. The summed E-state index contributed by atoms with van der Waals surface area (Å²) in [6.45, 7) is 7.37. The highest BCUT2D eigenvalue weighted by molar-refractivity contribution is 6.29. The average molecular weight is 327 g/mol. The second-order valence-electron chi connectivity index (χ2n) is 6.49. The van der Waals surface area contributed by atoms with Crippen LogP contribution in [0.4, 0.5) is 4.79 Å². The number of likely N-dealkylation sites (tertiary alicyclic amines) is 1. The molecule has 0 aromatic carbocycles. The van der Waals surface area contributed by atoms with E-state index >= 15 is 0 Å². The molecule has 1 amide bonds. The summed E-state index contributed by atoms with van der Waals surface area (Å²) >= 11 is 5.76. The SMILES string of the molecule is CC(C)(C)OC(=O)N1CCC[C@@H](OCc2ccc(Cl)nc2)C1. The maximum absolute atomic E-state index is 12.1. The highest BCUT2D eigenvalue weighted by atomic mass is 35.5. The fourth-order valence-corrected chi connectivity index (χ4v) is 2.38. The Balaban J connectivity index is 1.82. The van der Waals surface area contributed by atoms with Gasteiger partial charge in [-0.3, -0.25) is 0 Å². The van der Waals surface area contributed by atoms with Gasteiger partial charge in [-0.05, 0) is 45.2 Å². The van der Waals surface area contributed by atoms with Crippen LogP contribution in [0, 0.1) is 0 Å². The molecule has 6 heteroatoms. The number of piperidine rings is 1. The Bertz CT molecular complexity index is 499. The van der Waals surface area contributed by atoms with Gasteiger partial charge >= 0.3 is 6.09 Å². The summed E-state index contributed by atoms with van der Waals surface area (Å²) < 4.78 is 11.3. The molecule has 0 aliphatic carbocycles. The molecule has 1 saturated heterocycles. The quantitative estimate of drug-likeness (QED) is 0.796. The number of pyridine rings is 1. The molecule has 0 bridgehead atoms. The van der Waals surface area contributed by atoms with E-state index in [1.807, 2.05) is 26.8 Å². The van der Waals surface area contributed by atoms with E-state index in [0.717, 1.165) is 24.9 Å². The van der Waals surface area contributed by atoms with Gasteiger partial charge < -0.3 is 14.4 Å². The molecular formula is C16H23ClN2O3. The van der Waals surface area contributed by atoms with Crippen molar-refractivity contribution in [3.63, 3.8) is 0 Å². The number of nitrogens with zero attached hydrogens (tertiary/aromatic N) is 2. The van der Waals surface area contributed by atoms with E-state index in [4.69, 9.17) is 21.1 Å². The third kappa shape index (κ3) is 5.46. The number of carbonyl (C=O) groups excluding carboxylic acids is 1. The number of amides is 1. The fourth-order valence-electron chi connectivity index (χ4n) is 2.27. The van der Waals surface area contributed by atoms with Gasteiger partial charge in [0.1, 0.15) is 10.8 Å². The molecule has 2 rings (SSSR count). The van der Waals surface area contributed by atoms with Crippen molar-refractivity contribution in [2.75, 3.05) is 13.1 Å². The maximum Gasteiger partial charge on any atom is 0.410 e. The van der Waals surface area contributed by atoms with E-state index < -0.39 is 5.60 Å².